The van der Waals surface area contributed by atoms with Crippen molar-refractivity contribution in [2.45, 2.75) is 70.7 Å². The Labute approximate surface area is 110 Å². The fourth-order valence-electron chi connectivity index (χ4n) is 4.73. The predicted molar refractivity (Wildman–Crippen MR) is 69.9 cm³/mol. The van der Waals surface area contributed by atoms with Gasteiger partial charge in [-0.15, -0.1) is 0 Å². The summed E-state index contributed by atoms with van der Waals surface area (Å²) in [5.41, 5.74) is 0.251. The molecule has 4 fully saturated rings. The molecule has 18 heavy (non-hydrogen) atoms. The zero-order chi connectivity index (χ0) is 12.3. The molecule has 1 heterocycles. The normalized spacial score (nSPS) is 59.0. The van der Waals surface area contributed by atoms with Gasteiger partial charge in [-0.25, -0.2) is 0 Å². The molecule has 2 nitrogen and oxygen atoms in total. The van der Waals surface area contributed by atoms with Crippen LogP contribution < -0.4 is 0 Å². The molecule has 102 valence electrons. The maximum atomic E-state index is 9.59. The van der Waals surface area contributed by atoms with Crippen molar-refractivity contribution in [2.24, 2.45) is 29.1 Å². The quantitative estimate of drug-likeness (QED) is 0.724. The molecular weight excluding hydrogens is 224 g/mol. The maximum absolute atomic E-state index is 9.59. The molecule has 1 N–H and O–H groups in total. The summed E-state index contributed by atoms with van der Waals surface area (Å²) >= 11 is 0. The highest BCUT2D eigenvalue weighted by Gasteiger charge is 2.55. The van der Waals surface area contributed by atoms with Gasteiger partial charge >= 0.3 is 0 Å². The van der Waals surface area contributed by atoms with Crippen LogP contribution in [0.5, 0.6) is 0 Å². The summed E-state index contributed by atoms with van der Waals surface area (Å²) in [4.78, 5) is 0. The Balaban J connectivity index is 1.43. The van der Waals surface area contributed by atoms with Crippen LogP contribution in [0.15, 0.2) is 0 Å². The molecule has 0 aromatic carbocycles. The summed E-state index contributed by atoms with van der Waals surface area (Å²) < 4.78 is 5.39. The number of aliphatic hydroxyl groups excluding tert-OH is 1. The van der Waals surface area contributed by atoms with Crippen LogP contribution in [0.1, 0.15) is 58.3 Å². The van der Waals surface area contributed by atoms with E-state index in [2.05, 4.69) is 6.92 Å². The third-order valence-electron chi connectivity index (χ3n) is 6.32. The van der Waals surface area contributed by atoms with Gasteiger partial charge in [-0.3, -0.25) is 0 Å². The molecular formula is C16H26O2. The highest BCUT2D eigenvalue weighted by Crippen LogP contribution is 2.62. The Bertz CT molecular complexity index is 342. The third kappa shape index (κ3) is 2.02. The van der Waals surface area contributed by atoms with E-state index >= 15 is 0 Å². The Kier molecular flexibility index (Phi) is 2.58. The molecule has 0 amide bonds. The van der Waals surface area contributed by atoms with Gasteiger partial charge in [-0.2, -0.15) is 0 Å². The lowest BCUT2D eigenvalue weighted by atomic mass is 9.76. The van der Waals surface area contributed by atoms with Gasteiger partial charge in [0.25, 0.3) is 0 Å². The zero-order valence-corrected chi connectivity index (χ0v) is 11.5. The SMILES string of the molecule is CC1(C2OC2O)CCCCC2CC2C2CC2CC1. The molecule has 1 saturated heterocycles. The standard InChI is InChI=1S/C16H26O2/c1-16(14-15(17)18-14)6-3-2-4-10-8-12(10)13-9-11(13)5-7-16/h10-15,17H,2-9H2,1H3. The van der Waals surface area contributed by atoms with Crippen LogP contribution >= 0.6 is 0 Å². The van der Waals surface area contributed by atoms with E-state index in [0.717, 1.165) is 23.7 Å². The second-order valence-electron chi connectivity index (χ2n) is 7.71. The maximum Gasteiger partial charge on any atom is 0.182 e. The molecule has 4 aliphatic rings. The minimum Gasteiger partial charge on any atom is -0.366 e. The van der Waals surface area contributed by atoms with Gasteiger partial charge in [0.2, 0.25) is 0 Å². The Morgan fingerprint density at radius 3 is 2.33 bits per heavy atom. The van der Waals surface area contributed by atoms with Crippen molar-refractivity contribution in [2.75, 3.05) is 0 Å². The minimum atomic E-state index is -0.455. The Morgan fingerprint density at radius 2 is 1.67 bits per heavy atom. The molecule has 0 radical (unpaired) electrons. The predicted octanol–water partition coefficient (Wildman–Crippen LogP) is 3.34. The summed E-state index contributed by atoms with van der Waals surface area (Å²) in [6, 6.07) is 0. The summed E-state index contributed by atoms with van der Waals surface area (Å²) in [5, 5.41) is 9.59. The smallest absolute Gasteiger partial charge is 0.182 e. The van der Waals surface area contributed by atoms with E-state index < -0.39 is 6.29 Å². The van der Waals surface area contributed by atoms with Gasteiger partial charge < -0.3 is 9.84 Å². The lowest BCUT2D eigenvalue weighted by molar-refractivity contribution is 0.150. The number of fused-ring (bicyclic) bond motifs is 3. The van der Waals surface area contributed by atoms with Crippen molar-refractivity contribution in [1.29, 1.82) is 0 Å². The molecule has 1 aliphatic heterocycles. The first-order valence-corrected chi connectivity index (χ1v) is 8.01. The average Bonchev–Trinajstić information content (AvgIpc) is 3.17. The van der Waals surface area contributed by atoms with E-state index in [1.165, 1.54) is 44.9 Å². The number of aliphatic hydroxyl groups is 1. The molecule has 4 rings (SSSR count). The van der Waals surface area contributed by atoms with Gasteiger partial charge in [0, 0.05) is 0 Å². The number of hydrogen-bond acceptors (Lipinski definition) is 2. The van der Waals surface area contributed by atoms with E-state index in [9.17, 15) is 5.11 Å². The van der Waals surface area contributed by atoms with Crippen molar-refractivity contribution in [3.8, 4) is 0 Å². The van der Waals surface area contributed by atoms with Crippen molar-refractivity contribution in [3.63, 3.8) is 0 Å². The van der Waals surface area contributed by atoms with Crippen molar-refractivity contribution in [3.05, 3.63) is 0 Å². The number of epoxide rings is 1. The van der Waals surface area contributed by atoms with E-state index in [-0.39, 0.29) is 11.5 Å². The fraction of sp³-hybridized carbons (Fsp3) is 1.00. The molecule has 3 aliphatic carbocycles. The highest BCUT2D eigenvalue weighted by atomic mass is 16.7. The Hall–Kier alpha value is -0.0800. The summed E-state index contributed by atoms with van der Waals surface area (Å²) in [6.07, 6.45) is 10.9. The lowest BCUT2D eigenvalue weighted by Gasteiger charge is -2.28. The first kappa shape index (κ1) is 11.7. The topological polar surface area (TPSA) is 32.8 Å². The summed E-state index contributed by atoms with van der Waals surface area (Å²) in [5.74, 6) is 4.31. The van der Waals surface area contributed by atoms with Gasteiger partial charge in [0.1, 0.15) is 6.10 Å². The monoisotopic (exact) mass is 250 g/mol. The van der Waals surface area contributed by atoms with Gasteiger partial charge in [0.05, 0.1) is 0 Å². The molecule has 0 aromatic rings. The second kappa shape index (κ2) is 3.96. The van der Waals surface area contributed by atoms with Crippen LogP contribution in [-0.2, 0) is 4.74 Å². The fourth-order valence-corrected chi connectivity index (χ4v) is 4.73. The van der Waals surface area contributed by atoms with Gasteiger partial charge in [0.15, 0.2) is 6.29 Å². The molecule has 2 heteroatoms. The van der Waals surface area contributed by atoms with Crippen LogP contribution in [0.4, 0.5) is 0 Å². The molecule has 7 atom stereocenters. The lowest BCUT2D eigenvalue weighted by Crippen LogP contribution is -2.25. The number of ether oxygens (including phenoxy) is 1. The van der Waals surface area contributed by atoms with Crippen LogP contribution in [0.25, 0.3) is 0 Å². The third-order valence-corrected chi connectivity index (χ3v) is 6.32. The molecule has 0 spiro atoms. The van der Waals surface area contributed by atoms with E-state index in [1.807, 2.05) is 0 Å². The molecule has 0 aromatic heterocycles. The zero-order valence-electron chi connectivity index (χ0n) is 11.5. The number of hydrogen-bond donors (Lipinski definition) is 1. The van der Waals surface area contributed by atoms with E-state index in [4.69, 9.17) is 4.74 Å². The number of rotatable bonds is 1. The first-order valence-electron chi connectivity index (χ1n) is 8.01. The van der Waals surface area contributed by atoms with Crippen LogP contribution in [0, 0.1) is 29.1 Å². The van der Waals surface area contributed by atoms with E-state index in [1.54, 1.807) is 6.42 Å². The minimum absolute atomic E-state index is 0.144. The first-order chi connectivity index (χ1) is 8.67. The van der Waals surface area contributed by atoms with Gasteiger partial charge in [-0.1, -0.05) is 26.2 Å². The van der Waals surface area contributed by atoms with Crippen molar-refractivity contribution >= 4 is 0 Å². The largest absolute Gasteiger partial charge is 0.366 e. The van der Waals surface area contributed by atoms with Crippen LogP contribution in [0.2, 0.25) is 0 Å². The van der Waals surface area contributed by atoms with Crippen LogP contribution in [-0.4, -0.2) is 17.5 Å². The molecule has 3 saturated carbocycles. The average molecular weight is 250 g/mol. The Morgan fingerprint density at radius 1 is 1.00 bits per heavy atom. The summed E-state index contributed by atoms with van der Waals surface area (Å²) in [6.45, 7) is 2.35. The molecule has 7 unspecified atom stereocenters. The van der Waals surface area contributed by atoms with Crippen LogP contribution in [0.3, 0.4) is 0 Å². The van der Waals surface area contributed by atoms with Gasteiger partial charge in [-0.05, 0) is 61.2 Å². The van der Waals surface area contributed by atoms with Crippen molar-refractivity contribution in [1.82, 2.24) is 0 Å². The summed E-state index contributed by atoms with van der Waals surface area (Å²) in [7, 11) is 0. The van der Waals surface area contributed by atoms with Crippen molar-refractivity contribution < 1.29 is 9.84 Å². The molecule has 0 bridgehead atoms. The van der Waals surface area contributed by atoms with E-state index in [0.29, 0.717) is 0 Å². The highest BCUT2D eigenvalue weighted by molar-refractivity contribution is 5.03. The second-order valence-corrected chi connectivity index (χ2v) is 7.71.